The SMILES string of the molecule is CCN(CC)c1ccc(/C=C2/CCc3cnc4nn5c(C)cc(C)nc5[n+]4c32)cc1.F[B-](F)(F)F. The lowest BCUT2D eigenvalue weighted by molar-refractivity contribution is -0.491. The Morgan fingerprint density at radius 1 is 1.06 bits per heavy atom. The number of rotatable bonds is 4. The van der Waals surface area contributed by atoms with Crippen LogP contribution < -0.4 is 9.30 Å². The molecule has 11 heteroatoms. The lowest BCUT2D eigenvalue weighted by Gasteiger charge is -2.20. The predicted molar refractivity (Wildman–Crippen MR) is 130 cm³/mol. The highest BCUT2D eigenvalue weighted by molar-refractivity contribution is 6.50. The predicted octanol–water partition coefficient (Wildman–Crippen LogP) is 5.11. The van der Waals surface area contributed by atoms with E-state index in [1.165, 1.54) is 28.1 Å². The Labute approximate surface area is 201 Å². The van der Waals surface area contributed by atoms with Crippen molar-refractivity contribution in [1.29, 1.82) is 0 Å². The number of anilines is 1. The van der Waals surface area contributed by atoms with Gasteiger partial charge in [0.05, 0.1) is 23.3 Å². The monoisotopic (exact) mass is 486 g/mol. The minimum atomic E-state index is -6.00. The number of aromatic nitrogens is 5. The van der Waals surface area contributed by atoms with E-state index in [1.54, 1.807) is 0 Å². The molecular formula is C24H27BF4N6. The Kier molecular flexibility index (Phi) is 6.78. The number of aryl methyl sites for hydroxylation is 3. The number of hydrogen-bond donors (Lipinski definition) is 0. The molecule has 0 bridgehead atoms. The molecule has 0 saturated heterocycles. The van der Waals surface area contributed by atoms with E-state index in [4.69, 9.17) is 10.1 Å². The highest BCUT2D eigenvalue weighted by atomic mass is 19.5. The topological polar surface area (TPSA) is 50.4 Å². The van der Waals surface area contributed by atoms with Gasteiger partial charge in [0, 0.05) is 35.5 Å². The Morgan fingerprint density at radius 2 is 1.71 bits per heavy atom. The van der Waals surface area contributed by atoms with Crippen LogP contribution in [0.15, 0.2) is 36.5 Å². The van der Waals surface area contributed by atoms with E-state index in [9.17, 15) is 17.3 Å². The molecule has 0 N–H and O–H groups in total. The molecule has 35 heavy (non-hydrogen) atoms. The molecule has 1 aliphatic rings. The summed E-state index contributed by atoms with van der Waals surface area (Å²) in [5.74, 6) is 1.52. The van der Waals surface area contributed by atoms with Crippen LogP contribution in [0.4, 0.5) is 23.0 Å². The smallest absolute Gasteiger partial charge is 0.418 e. The molecule has 3 heterocycles. The fourth-order valence-electron chi connectivity index (χ4n) is 4.51. The second-order valence-electron chi connectivity index (χ2n) is 8.45. The fraction of sp³-hybridized carbons (Fsp3) is 0.333. The van der Waals surface area contributed by atoms with Crippen molar-refractivity contribution in [3.05, 3.63) is 64.7 Å². The standard InChI is InChI=1S/C24H27N6.BF4/c1-5-28(6-2)21-11-7-18(8-12-21)14-19-9-10-20-15-25-23-27-30-17(4)13-16(3)26-24(30)29(23)22(19)20;2-1(3,4)5/h7-8,11-15H,5-6,9-10H2,1-4H3;/q+1;-1/b19-14-;. The summed E-state index contributed by atoms with van der Waals surface area (Å²) in [6.45, 7) is 10.5. The zero-order valence-electron chi connectivity index (χ0n) is 20.1. The van der Waals surface area contributed by atoms with Gasteiger partial charge in [0.15, 0.2) is 0 Å². The lowest BCUT2D eigenvalue weighted by atomic mass is 10.1. The number of nitrogens with zero attached hydrogens (tertiary/aromatic N) is 6. The molecule has 0 spiro atoms. The first kappa shape index (κ1) is 24.6. The van der Waals surface area contributed by atoms with Crippen LogP contribution in [0.5, 0.6) is 0 Å². The quantitative estimate of drug-likeness (QED) is 0.229. The van der Waals surface area contributed by atoms with Gasteiger partial charge in [-0.3, -0.25) is 0 Å². The van der Waals surface area contributed by atoms with Crippen molar-refractivity contribution < 1.29 is 21.7 Å². The Morgan fingerprint density at radius 3 is 2.34 bits per heavy atom. The van der Waals surface area contributed by atoms with Gasteiger partial charge >= 0.3 is 18.8 Å². The van der Waals surface area contributed by atoms with E-state index in [-0.39, 0.29) is 0 Å². The van der Waals surface area contributed by atoms with Gasteiger partial charge in [0.2, 0.25) is 0 Å². The number of allylic oxidation sites excluding steroid dienone is 1. The van der Waals surface area contributed by atoms with Crippen LogP contribution in [-0.2, 0) is 6.42 Å². The van der Waals surface area contributed by atoms with Crippen molar-refractivity contribution >= 4 is 36.1 Å². The number of benzene rings is 1. The Bertz CT molecular complexity index is 1390. The maximum absolute atomic E-state index is 9.75. The second-order valence-corrected chi connectivity index (χ2v) is 8.45. The second kappa shape index (κ2) is 9.63. The van der Waals surface area contributed by atoms with E-state index < -0.39 is 7.25 Å². The first-order valence-corrected chi connectivity index (χ1v) is 11.6. The Hall–Kier alpha value is -3.50. The molecule has 3 aromatic heterocycles. The molecule has 6 nitrogen and oxygen atoms in total. The first-order chi connectivity index (χ1) is 16.6. The summed E-state index contributed by atoms with van der Waals surface area (Å²) >= 11 is 0. The van der Waals surface area contributed by atoms with Crippen molar-refractivity contribution in [2.75, 3.05) is 18.0 Å². The molecule has 5 rings (SSSR count). The third kappa shape index (κ3) is 5.28. The molecule has 4 aromatic rings. The molecule has 0 radical (unpaired) electrons. The average Bonchev–Trinajstić information content (AvgIpc) is 3.36. The van der Waals surface area contributed by atoms with Crippen LogP contribution in [0.25, 0.3) is 23.2 Å². The van der Waals surface area contributed by atoms with E-state index in [1.807, 2.05) is 23.7 Å². The van der Waals surface area contributed by atoms with Gasteiger partial charge in [0.1, 0.15) is 0 Å². The Balaban J connectivity index is 0.000000527. The van der Waals surface area contributed by atoms with Gasteiger partial charge in [-0.15, -0.1) is 14.5 Å². The van der Waals surface area contributed by atoms with Gasteiger partial charge in [-0.1, -0.05) is 12.1 Å². The van der Waals surface area contributed by atoms with E-state index >= 15 is 0 Å². The van der Waals surface area contributed by atoms with Crippen LogP contribution in [0.1, 0.15) is 48.5 Å². The minimum Gasteiger partial charge on any atom is -0.418 e. The van der Waals surface area contributed by atoms with Gasteiger partial charge in [-0.05, 0) is 69.9 Å². The van der Waals surface area contributed by atoms with Crippen LogP contribution in [0, 0.1) is 13.8 Å². The van der Waals surface area contributed by atoms with E-state index in [0.29, 0.717) is 5.78 Å². The van der Waals surface area contributed by atoms with Crippen molar-refractivity contribution in [3.63, 3.8) is 0 Å². The number of fused-ring (bicyclic) bond motifs is 5. The van der Waals surface area contributed by atoms with Crippen molar-refractivity contribution in [2.45, 2.75) is 40.5 Å². The van der Waals surface area contributed by atoms with Gasteiger partial charge in [-0.25, -0.2) is 0 Å². The summed E-state index contributed by atoms with van der Waals surface area (Å²) in [7, 11) is -6.00. The van der Waals surface area contributed by atoms with Crippen molar-refractivity contribution in [3.8, 4) is 0 Å². The van der Waals surface area contributed by atoms with Crippen molar-refractivity contribution in [1.82, 2.24) is 19.6 Å². The van der Waals surface area contributed by atoms with Crippen molar-refractivity contribution in [2.24, 2.45) is 0 Å². The van der Waals surface area contributed by atoms with Crippen LogP contribution in [0.2, 0.25) is 0 Å². The zero-order chi connectivity index (χ0) is 25.3. The average molecular weight is 486 g/mol. The third-order valence-corrected chi connectivity index (χ3v) is 6.00. The summed E-state index contributed by atoms with van der Waals surface area (Å²) in [5, 5.41) is 4.70. The maximum Gasteiger partial charge on any atom is 0.673 e. The normalized spacial score (nSPS) is 14.3. The third-order valence-electron chi connectivity index (χ3n) is 6.00. The maximum atomic E-state index is 9.75. The van der Waals surface area contributed by atoms with Crippen LogP contribution in [0.3, 0.4) is 0 Å². The first-order valence-electron chi connectivity index (χ1n) is 11.6. The van der Waals surface area contributed by atoms with Gasteiger partial charge in [-0.2, -0.15) is 4.40 Å². The molecule has 1 aliphatic carbocycles. The molecule has 0 aliphatic heterocycles. The van der Waals surface area contributed by atoms with E-state index in [2.05, 4.69) is 65.4 Å². The lowest BCUT2D eigenvalue weighted by Crippen LogP contribution is -2.28. The number of hydrogen-bond acceptors (Lipinski definition) is 4. The summed E-state index contributed by atoms with van der Waals surface area (Å²) < 4.78 is 43.0. The van der Waals surface area contributed by atoms with Crippen LogP contribution in [-0.4, -0.2) is 39.9 Å². The van der Waals surface area contributed by atoms with Gasteiger partial charge < -0.3 is 22.2 Å². The van der Waals surface area contributed by atoms with Gasteiger partial charge in [0.25, 0.3) is 0 Å². The molecule has 0 amide bonds. The highest BCUT2D eigenvalue weighted by Crippen LogP contribution is 2.31. The molecule has 1 aromatic carbocycles. The molecule has 0 unspecified atom stereocenters. The molecule has 0 fully saturated rings. The summed E-state index contributed by atoms with van der Waals surface area (Å²) in [6.07, 6.45) is 6.28. The fourth-order valence-corrected chi connectivity index (χ4v) is 4.51. The summed E-state index contributed by atoms with van der Waals surface area (Å²) in [6, 6.07) is 10.9. The van der Waals surface area contributed by atoms with E-state index in [0.717, 1.165) is 43.1 Å². The summed E-state index contributed by atoms with van der Waals surface area (Å²) in [4.78, 5) is 11.8. The molecule has 0 saturated carbocycles. The molecular weight excluding hydrogens is 459 g/mol. The minimum absolute atomic E-state index is 0.694. The number of halogens is 4. The highest BCUT2D eigenvalue weighted by Gasteiger charge is 2.28. The molecule has 184 valence electrons. The zero-order valence-corrected chi connectivity index (χ0v) is 20.1. The summed E-state index contributed by atoms with van der Waals surface area (Å²) in [5.41, 5.74) is 8.31. The molecule has 0 atom stereocenters. The largest absolute Gasteiger partial charge is 0.673 e. The van der Waals surface area contributed by atoms with Crippen LogP contribution >= 0.6 is 0 Å².